The van der Waals surface area contributed by atoms with Gasteiger partial charge in [0, 0.05) is 41.3 Å². The van der Waals surface area contributed by atoms with Crippen LogP contribution in [-0.2, 0) is 6.42 Å². The quantitative estimate of drug-likeness (QED) is 0.612. The van der Waals surface area contributed by atoms with Crippen LogP contribution in [0.2, 0.25) is 0 Å². The number of benzene rings is 2. The van der Waals surface area contributed by atoms with Gasteiger partial charge in [-0.05, 0) is 56.6 Å². The van der Waals surface area contributed by atoms with Crippen LogP contribution in [0.1, 0.15) is 35.7 Å². The maximum atomic E-state index is 13.9. The number of aryl methyl sites for hydroxylation is 1. The molecule has 2 aromatic carbocycles. The summed E-state index contributed by atoms with van der Waals surface area (Å²) < 4.78 is 29.5. The number of rotatable bonds is 1. The molecular weight excluding hydrogens is 318 g/mol. The second kappa shape index (κ2) is 5.15. The van der Waals surface area contributed by atoms with Crippen LogP contribution in [0.15, 0.2) is 36.4 Å². The zero-order valence-corrected chi connectivity index (χ0v) is 14.4. The van der Waals surface area contributed by atoms with Crippen LogP contribution in [0.25, 0.3) is 16.6 Å². The topological polar surface area (TPSA) is 8.17 Å². The molecule has 4 heteroatoms. The lowest BCUT2D eigenvalue weighted by atomic mass is 9.97. The Morgan fingerprint density at radius 1 is 1.00 bits per heavy atom. The third kappa shape index (κ3) is 2.04. The second-order valence-corrected chi connectivity index (χ2v) is 7.43. The van der Waals surface area contributed by atoms with Crippen LogP contribution in [0.3, 0.4) is 0 Å². The lowest BCUT2D eigenvalue weighted by Gasteiger charge is -2.32. The van der Waals surface area contributed by atoms with E-state index in [0.717, 1.165) is 11.9 Å². The highest BCUT2D eigenvalue weighted by molar-refractivity contribution is 5.89. The highest BCUT2D eigenvalue weighted by atomic mass is 19.2. The Morgan fingerprint density at radius 2 is 1.84 bits per heavy atom. The number of fused-ring (bicyclic) bond motifs is 6. The van der Waals surface area contributed by atoms with E-state index >= 15 is 0 Å². The predicted molar refractivity (Wildman–Crippen MR) is 95.2 cm³/mol. The van der Waals surface area contributed by atoms with E-state index in [4.69, 9.17) is 0 Å². The average Bonchev–Trinajstić information content (AvgIpc) is 3.01. The third-order valence-corrected chi connectivity index (χ3v) is 6.03. The largest absolute Gasteiger partial charge is 0.313 e. The molecule has 128 valence electrons. The van der Waals surface area contributed by atoms with Gasteiger partial charge < -0.3 is 4.57 Å². The van der Waals surface area contributed by atoms with E-state index in [9.17, 15) is 8.78 Å². The summed E-state index contributed by atoms with van der Waals surface area (Å²) in [5.74, 6) is -1.60. The fourth-order valence-electron chi connectivity index (χ4n) is 4.80. The minimum atomic E-state index is -0.801. The Kier molecular flexibility index (Phi) is 3.11. The molecule has 2 bridgehead atoms. The van der Waals surface area contributed by atoms with Gasteiger partial charge in [0.25, 0.3) is 0 Å². The molecule has 0 aliphatic carbocycles. The molecule has 0 amide bonds. The van der Waals surface area contributed by atoms with E-state index in [2.05, 4.69) is 41.6 Å². The standard InChI is InChI=1S/C21H20F2N2/c1-12-3-7-18-15(9-12)21-19-8-5-13(24(19)2)11-20(21)25(18)14-4-6-16(22)17(23)10-14/h3-4,6-7,9-10,13,19H,5,8,11H2,1-2H3. The first-order valence-corrected chi connectivity index (χ1v) is 8.86. The Hall–Kier alpha value is -2.20. The van der Waals surface area contributed by atoms with Crippen molar-refractivity contribution in [1.29, 1.82) is 0 Å². The normalized spacial score (nSPS) is 22.6. The van der Waals surface area contributed by atoms with Gasteiger partial charge in [-0.3, -0.25) is 4.90 Å². The molecule has 1 saturated heterocycles. The van der Waals surface area contributed by atoms with Crippen molar-refractivity contribution in [2.24, 2.45) is 0 Å². The lowest BCUT2D eigenvalue weighted by molar-refractivity contribution is 0.223. The van der Waals surface area contributed by atoms with E-state index in [1.54, 1.807) is 6.07 Å². The van der Waals surface area contributed by atoms with Crippen LogP contribution < -0.4 is 0 Å². The molecule has 3 aromatic rings. The number of aromatic nitrogens is 1. The second-order valence-electron chi connectivity index (χ2n) is 7.43. The molecule has 25 heavy (non-hydrogen) atoms. The van der Waals surface area contributed by atoms with Gasteiger partial charge in [0.1, 0.15) is 0 Å². The number of hydrogen-bond acceptors (Lipinski definition) is 1. The van der Waals surface area contributed by atoms with Gasteiger partial charge in [0.2, 0.25) is 0 Å². The maximum absolute atomic E-state index is 13.9. The predicted octanol–water partition coefficient (Wildman–Crippen LogP) is 4.91. The molecule has 1 fully saturated rings. The van der Waals surface area contributed by atoms with E-state index in [0.29, 0.717) is 17.8 Å². The minimum absolute atomic E-state index is 0.421. The average molecular weight is 338 g/mol. The zero-order valence-electron chi connectivity index (χ0n) is 14.4. The van der Waals surface area contributed by atoms with Gasteiger partial charge >= 0.3 is 0 Å². The molecule has 1 aromatic heterocycles. The van der Waals surface area contributed by atoms with Gasteiger partial charge in [0.15, 0.2) is 11.6 Å². The highest BCUT2D eigenvalue weighted by Crippen LogP contribution is 2.47. The van der Waals surface area contributed by atoms with Crippen LogP contribution in [0, 0.1) is 18.6 Å². The van der Waals surface area contributed by atoms with Crippen molar-refractivity contribution in [2.45, 2.75) is 38.3 Å². The highest BCUT2D eigenvalue weighted by Gasteiger charge is 2.41. The van der Waals surface area contributed by atoms with E-state index in [1.165, 1.54) is 47.2 Å². The summed E-state index contributed by atoms with van der Waals surface area (Å²) in [7, 11) is 2.21. The fraction of sp³-hybridized carbons (Fsp3) is 0.333. The Labute approximate surface area is 145 Å². The first-order valence-electron chi connectivity index (χ1n) is 8.86. The Bertz CT molecular complexity index is 1000. The van der Waals surface area contributed by atoms with Crippen LogP contribution in [-0.4, -0.2) is 22.6 Å². The van der Waals surface area contributed by atoms with Gasteiger partial charge in [-0.2, -0.15) is 0 Å². The molecule has 0 spiro atoms. The number of likely N-dealkylation sites (N-methyl/N-ethyl adjacent to an activating group) is 1. The molecule has 2 aliphatic heterocycles. The smallest absolute Gasteiger partial charge is 0.160 e. The SMILES string of the molecule is Cc1ccc2c(c1)c1c(n2-c2ccc(F)c(F)c2)CC2CCC1N2C. The molecule has 2 aliphatic rings. The van der Waals surface area contributed by atoms with E-state index in [1.807, 2.05) is 0 Å². The molecule has 2 nitrogen and oxygen atoms in total. The molecule has 3 heterocycles. The minimum Gasteiger partial charge on any atom is -0.313 e. The Morgan fingerprint density at radius 3 is 2.64 bits per heavy atom. The zero-order chi connectivity index (χ0) is 17.3. The summed E-state index contributed by atoms with van der Waals surface area (Å²) >= 11 is 0. The Balaban J connectivity index is 1.85. The van der Waals surface area contributed by atoms with E-state index in [-0.39, 0.29) is 0 Å². The van der Waals surface area contributed by atoms with Crippen molar-refractivity contribution in [1.82, 2.24) is 9.47 Å². The van der Waals surface area contributed by atoms with Crippen molar-refractivity contribution < 1.29 is 8.78 Å². The molecule has 0 N–H and O–H groups in total. The molecular formula is C21H20F2N2. The molecule has 2 atom stereocenters. The molecule has 5 rings (SSSR count). The first-order chi connectivity index (χ1) is 12.0. The summed E-state index contributed by atoms with van der Waals surface area (Å²) in [4.78, 5) is 2.49. The van der Waals surface area contributed by atoms with Crippen molar-refractivity contribution >= 4 is 10.9 Å². The van der Waals surface area contributed by atoms with Crippen LogP contribution >= 0.6 is 0 Å². The van der Waals surface area contributed by atoms with Gasteiger partial charge in [-0.15, -0.1) is 0 Å². The third-order valence-electron chi connectivity index (χ3n) is 6.03. The first kappa shape index (κ1) is 15.1. The van der Waals surface area contributed by atoms with Crippen molar-refractivity contribution in [3.05, 3.63) is 64.9 Å². The summed E-state index contributed by atoms with van der Waals surface area (Å²) in [5.41, 5.74) is 5.65. The summed E-state index contributed by atoms with van der Waals surface area (Å²) in [5, 5.41) is 1.25. The number of halogens is 2. The summed E-state index contributed by atoms with van der Waals surface area (Å²) in [6, 6.07) is 11.6. The molecule has 0 radical (unpaired) electrons. The van der Waals surface area contributed by atoms with Gasteiger partial charge in [-0.1, -0.05) is 11.6 Å². The van der Waals surface area contributed by atoms with Crippen molar-refractivity contribution in [3.63, 3.8) is 0 Å². The van der Waals surface area contributed by atoms with E-state index < -0.39 is 11.6 Å². The lowest BCUT2D eigenvalue weighted by Crippen LogP contribution is -2.34. The number of hydrogen-bond donors (Lipinski definition) is 0. The maximum Gasteiger partial charge on any atom is 0.160 e. The van der Waals surface area contributed by atoms with Gasteiger partial charge in [0.05, 0.1) is 5.52 Å². The summed E-state index contributed by atoms with van der Waals surface area (Å²) in [6.45, 7) is 2.10. The van der Waals surface area contributed by atoms with Gasteiger partial charge in [-0.25, -0.2) is 8.78 Å². The number of nitrogens with zero attached hydrogens (tertiary/aromatic N) is 2. The monoisotopic (exact) mass is 338 g/mol. The molecule has 2 unspecified atom stereocenters. The van der Waals surface area contributed by atoms with Crippen LogP contribution in [0.5, 0.6) is 0 Å². The van der Waals surface area contributed by atoms with Crippen molar-refractivity contribution in [2.75, 3.05) is 7.05 Å². The van der Waals surface area contributed by atoms with Crippen LogP contribution in [0.4, 0.5) is 8.78 Å². The molecule has 0 saturated carbocycles. The summed E-state index contributed by atoms with van der Waals surface area (Å²) in [6.07, 6.45) is 3.31. The van der Waals surface area contributed by atoms with Crippen molar-refractivity contribution in [3.8, 4) is 5.69 Å². The fourth-order valence-corrected chi connectivity index (χ4v) is 4.80.